The number of ether oxygens (including phenoxy) is 1. The second kappa shape index (κ2) is 6.62. The Morgan fingerprint density at radius 3 is 2.24 bits per heavy atom. The van der Waals surface area contributed by atoms with Crippen LogP contribution in [0, 0.1) is 0 Å². The van der Waals surface area contributed by atoms with Gasteiger partial charge in [-0.1, -0.05) is 18.5 Å². The molecule has 6 heteroatoms. The maximum atomic E-state index is 12.8. The molecule has 21 heavy (non-hydrogen) atoms. The van der Waals surface area contributed by atoms with Gasteiger partial charge in [0.1, 0.15) is 11.5 Å². The Morgan fingerprint density at radius 2 is 1.67 bits per heavy atom. The molecule has 0 aliphatic carbocycles. The fraction of sp³-hybridized carbons (Fsp3) is 0.200. The summed E-state index contributed by atoms with van der Waals surface area (Å²) >= 11 is 7.24. The van der Waals surface area contributed by atoms with Crippen LogP contribution < -0.4 is 4.74 Å². The fourth-order valence-electron chi connectivity index (χ4n) is 1.69. The van der Waals surface area contributed by atoms with Gasteiger partial charge in [-0.05, 0) is 48.2 Å². The Bertz CT molecular complexity index is 611. The zero-order valence-electron chi connectivity index (χ0n) is 11.1. The van der Waals surface area contributed by atoms with Crippen LogP contribution in [-0.2, 0) is 6.18 Å². The summed E-state index contributed by atoms with van der Waals surface area (Å²) in [7, 11) is 0. The zero-order chi connectivity index (χ0) is 15.5. The van der Waals surface area contributed by atoms with Crippen LogP contribution in [0.15, 0.2) is 47.4 Å². The molecule has 0 saturated carbocycles. The van der Waals surface area contributed by atoms with E-state index in [4.69, 9.17) is 16.3 Å². The highest BCUT2D eigenvalue weighted by molar-refractivity contribution is 7.99. The van der Waals surface area contributed by atoms with Gasteiger partial charge in [-0.15, -0.1) is 11.8 Å². The SMILES string of the molecule is CCSc1ccc(Oc2ccc(Cl)c(C(F)(F)F)c2)cc1. The standard InChI is InChI=1S/C15H12ClF3OS/c1-2-21-12-6-3-10(4-7-12)20-11-5-8-14(16)13(9-11)15(17,18)19/h3-9H,2H2,1H3. The van der Waals surface area contributed by atoms with E-state index in [0.717, 1.165) is 16.7 Å². The lowest BCUT2D eigenvalue weighted by Gasteiger charge is -2.12. The highest BCUT2D eigenvalue weighted by atomic mass is 35.5. The van der Waals surface area contributed by atoms with E-state index in [-0.39, 0.29) is 10.8 Å². The molecule has 0 radical (unpaired) electrons. The lowest BCUT2D eigenvalue weighted by Crippen LogP contribution is -2.05. The quantitative estimate of drug-likeness (QED) is 0.611. The van der Waals surface area contributed by atoms with Crippen molar-refractivity contribution in [3.05, 3.63) is 53.1 Å². The first-order chi connectivity index (χ1) is 9.90. The Balaban J connectivity index is 2.20. The molecule has 2 aromatic rings. The number of halogens is 4. The highest BCUT2D eigenvalue weighted by Gasteiger charge is 2.33. The number of hydrogen-bond acceptors (Lipinski definition) is 2. The van der Waals surface area contributed by atoms with Crippen LogP contribution in [0.1, 0.15) is 12.5 Å². The van der Waals surface area contributed by atoms with Crippen molar-refractivity contribution in [1.29, 1.82) is 0 Å². The molecule has 0 amide bonds. The van der Waals surface area contributed by atoms with Crippen LogP contribution in [0.3, 0.4) is 0 Å². The van der Waals surface area contributed by atoms with Crippen LogP contribution in [-0.4, -0.2) is 5.75 Å². The van der Waals surface area contributed by atoms with Crippen LogP contribution in [0.4, 0.5) is 13.2 Å². The van der Waals surface area contributed by atoms with Crippen molar-refractivity contribution < 1.29 is 17.9 Å². The molecular formula is C15H12ClF3OS. The molecule has 0 atom stereocenters. The van der Waals surface area contributed by atoms with Crippen molar-refractivity contribution in [2.24, 2.45) is 0 Å². The van der Waals surface area contributed by atoms with Crippen molar-refractivity contribution in [2.45, 2.75) is 18.0 Å². The average Bonchev–Trinajstić information content (AvgIpc) is 2.42. The van der Waals surface area contributed by atoms with Gasteiger partial charge in [-0.3, -0.25) is 0 Å². The summed E-state index contributed by atoms with van der Waals surface area (Å²) in [6.07, 6.45) is -4.50. The largest absolute Gasteiger partial charge is 0.457 e. The monoisotopic (exact) mass is 332 g/mol. The minimum Gasteiger partial charge on any atom is -0.457 e. The molecule has 0 aliphatic rings. The van der Waals surface area contributed by atoms with Crippen molar-refractivity contribution >= 4 is 23.4 Å². The molecule has 0 aliphatic heterocycles. The first-order valence-corrected chi connectivity index (χ1v) is 7.54. The van der Waals surface area contributed by atoms with Gasteiger partial charge in [0, 0.05) is 4.90 Å². The molecule has 112 valence electrons. The maximum absolute atomic E-state index is 12.8. The van der Waals surface area contributed by atoms with E-state index in [1.165, 1.54) is 12.1 Å². The van der Waals surface area contributed by atoms with Gasteiger partial charge in [0.25, 0.3) is 0 Å². The number of alkyl halides is 3. The normalized spacial score (nSPS) is 11.5. The summed E-state index contributed by atoms with van der Waals surface area (Å²) in [6.45, 7) is 2.04. The van der Waals surface area contributed by atoms with Gasteiger partial charge < -0.3 is 4.74 Å². The second-order valence-electron chi connectivity index (χ2n) is 4.15. The topological polar surface area (TPSA) is 9.23 Å². The van der Waals surface area contributed by atoms with Crippen molar-refractivity contribution in [1.82, 2.24) is 0 Å². The first kappa shape index (κ1) is 16.0. The minimum atomic E-state index is -4.50. The van der Waals surface area contributed by atoms with E-state index in [1.807, 2.05) is 19.1 Å². The molecule has 1 nitrogen and oxygen atoms in total. The summed E-state index contributed by atoms with van der Waals surface area (Å²) in [5.74, 6) is 1.53. The third-order valence-electron chi connectivity index (χ3n) is 2.61. The lowest BCUT2D eigenvalue weighted by atomic mass is 10.2. The van der Waals surface area contributed by atoms with Gasteiger partial charge in [0.05, 0.1) is 10.6 Å². The third kappa shape index (κ3) is 4.32. The van der Waals surface area contributed by atoms with Gasteiger partial charge >= 0.3 is 6.18 Å². The van der Waals surface area contributed by atoms with Crippen LogP contribution >= 0.6 is 23.4 Å². The summed E-state index contributed by atoms with van der Waals surface area (Å²) in [4.78, 5) is 1.08. The molecule has 0 aromatic heterocycles. The van der Waals surface area contributed by atoms with Crippen LogP contribution in [0.25, 0.3) is 0 Å². The third-order valence-corrected chi connectivity index (χ3v) is 3.84. The summed E-state index contributed by atoms with van der Waals surface area (Å²) in [5, 5.41) is -0.343. The Hall–Kier alpha value is -1.33. The van der Waals surface area contributed by atoms with Gasteiger partial charge in [-0.2, -0.15) is 13.2 Å². The maximum Gasteiger partial charge on any atom is 0.417 e. The van der Waals surface area contributed by atoms with E-state index in [1.54, 1.807) is 23.9 Å². The summed E-state index contributed by atoms with van der Waals surface area (Å²) in [5.41, 5.74) is -0.903. The molecule has 0 unspecified atom stereocenters. The molecule has 0 N–H and O–H groups in total. The lowest BCUT2D eigenvalue weighted by molar-refractivity contribution is -0.137. The Morgan fingerprint density at radius 1 is 1.05 bits per heavy atom. The number of rotatable bonds is 4. The van der Waals surface area contributed by atoms with Gasteiger partial charge in [0.2, 0.25) is 0 Å². The van der Waals surface area contributed by atoms with E-state index < -0.39 is 11.7 Å². The molecule has 0 bridgehead atoms. The highest BCUT2D eigenvalue weighted by Crippen LogP contribution is 2.37. The fourth-order valence-corrected chi connectivity index (χ4v) is 2.58. The van der Waals surface area contributed by atoms with Crippen LogP contribution in [0.2, 0.25) is 5.02 Å². The zero-order valence-corrected chi connectivity index (χ0v) is 12.6. The van der Waals surface area contributed by atoms with Crippen LogP contribution in [0.5, 0.6) is 11.5 Å². The number of benzene rings is 2. The molecule has 2 aromatic carbocycles. The Labute approximate surface area is 130 Å². The van der Waals surface area contributed by atoms with Crippen molar-refractivity contribution in [3.63, 3.8) is 0 Å². The summed E-state index contributed by atoms with van der Waals surface area (Å²) in [6, 6.07) is 10.7. The van der Waals surface area contributed by atoms with E-state index in [9.17, 15) is 13.2 Å². The minimum absolute atomic E-state index is 0.0996. The van der Waals surface area contributed by atoms with Crippen molar-refractivity contribution in [3.8, 4) is 11.5 Å². The smallest absolute Gasteiger partial charge is 0.417 e. The van der Waals surface area contributed by atoms with E-state index in [2.05, 4.69) is 0 Å². The Kier molecular flexibility index (Phi) is 5.06. The number of thioether (sulfide) groups is 1. The number of hydrogen-bond donors (Lipinski definition) is 0. The first-order valence-electron chi connectivity index (χ1n) is 6.17. The van der Waals surface area contributed by atoms with E-state index in [0.29, 0.717) is 5.75 Å². The molecule has 0 spiro atoms. The van der Waals surface area contributed by atoms with Gasteiger partial charge in [-0.25, -0.2) is 0 Å². The van der Waals surface area contributed by atoms with Crippen molar-refractivity contribution in [2.75, 3.05) is 5.75 Å². The predicted molar refractivity (Wildman–Crippen MR) is 79.4 cm³/mol. The molecular weight excluding hydrogens is 321 g/mol. The molecule has 0 fully saturated rings. The predicted octanol–water partition coefficient (Wildman–Crippen LogP) is 6.26. The molecule has 0 heterocycles. The van der Waals surface area contributed by atoms with Gasteiger partial charge in [0.15, 0.2) is 0 Å². The summed E-state index contributed by atoms with van der Waals surface area (Å²) < 4.78 is 43.7. The second-order valence-corrected chi connectivity index (χ2v) is 5.89. The average molecular weight is 333 g/mol. The molecule has 2 rings (SSSR count). The van der Waals surface area contributed by atoms with E-state index >= 15 is 0 Å². The molecule has 0 saturated heterocycles.